The fourth-order valence-electron chi connectivity index (χ4n) is 0.936. The number of esters is 1. The summed E-state index contributed by atoms with van der Waals surface area (Å²) in [6.45, 7) is 12.7. The van der Waals surface area contributed by atoms with E-state index in [-0.39, 0.29) is 5.70 Å². The molecule has 0 bridgehead atoms. The number of hydrazine groups is 1. The molecule has 0 unspecified atom stereocenters. The van der Waals surface area contributed by atoms with E-state index < -0.39 is 5.97 Å². The van der Waals surface area contributed by atoms with Crippen LogP contribution in [0.2, 0.25) is 0 Å². The van der Waals surface area contributed by atoms with Crippen molar-refractivity contribution in [2.24, 2.45) is 5.84 Å². The molecular formula is C11H18N2O2. The van der Waals surface area contributed by atoms with Gasteiger partial charge in [0, 0.05) is 5.70 Å². The van der Waals surface area contributed by atoms with Crippen LogP contribution in [0.5, 0.6) is 0 Å². The highest BCUT2D eigenvalue weighted by atomic mass is 16.5. The first kappa shape index (κ1) is 13.4. The molecule has 0 fully saturated rings. The zero-order valence-corrected chi connectivity index (χ0v) is 9.54. The van der Waals surface area contributed by atoms with E-state index in [9.17, 15) is 4.79 Å². The van der Waals surface area contributed by atoms with Crippen LogP contribution in [0.25, 0.3) is 0 Å². The zero-order valence-electron chi connectivity index (χ0n) is 9.54. The van der Waals surface area contributed by atoms with Gasteiger partial charge in [-0.1, -0.05) is 19.2 Å². The van der Waals surface area contributed by atoms with Crippen LogP contribution in [0.4, 0.5) is 0 Å². The van der Waals surface area contributed by atoms with E-state index in [1.165, 1.54) is 5.01 Å². The van der Waals surface area contributed by atoms with E-state index in [0.717, 1.165) is 0 Å². The summed E-state index contributed by atoms with van der Waals surface area (Å²) in [5.41, 5.74) is 1.47. The summed E-state index contributed by atoms with van der Waals surface area (Å²) < 4.78 is 4.89. The highest BCUT2D eigenvalue weighted by Crippen LogP contribution is 2.13. The molecule has 0 radical (unpaired) electrons. The van der Waals surface area contributed by atoms with Gasteiger partial charge in [-0.25, -0.2) is 10.6 Å². The van der Waals surface area contributed by atoms with E-state index in [1.807, 2.05) is 0 Å². The van der Waals surface area contributed by atoms with Gasteiger partial charge in [0.2, 0.25) is 0 Å². The van der Waals surface area contributed by atoms with Gasteiger partial charge >= 0.3 is 5.97 Å². The minimum absolute atomic E-state index is 0.263. The van der Waals surface area contributed by atoms with Crippen molar-refractivity contribution < 1.29 is 9.53 Å². The van der Waals surface area contributed by atoms with Gasteiger partial charge in [0.25, 0.3) is 0 Å². The molecule has 0 saturated heterocycles. The van der Waals surface area contributed by atoms with Crippen LogP contribution >= 0.6 is 0 Å². The Labute approximate surface area is 90.7 Å². The number of hydrogen-bond acceptors (Lipinski definition) is 4. The second-order valence-electron chi connectivity index (χ2n) is 3.06. The number of hydrogen-bond donors (Lipinski definition) is 1. The Morgan fingerprint density at radius 2 is 2.07 bits per heavy atom. The topological polar surface area (TPSA) is 55.6 Å². The Hall–Kier alpha value is -1.55. The highest BCUT2D eigenvalue weighted by Gasteiger charge is 2.18. The Balaban J connectivity index is 5.16. The molecule has 84 valence electrons. The molecule has 0 aliphatic carbocycles. The SMILES string of the molecule is C=C/C(C)=C(/C(=O)OCC)N(N)C(=C)C. The van der Waals surface area contributed by atoms with E-state index in [4.69, 9.17) is 10.6 Å². The van der Waals surface area contributed by atoms with Crippen molar-refractivity contribution in [2.45, 2.75) is 20.8 Å². The summed E-state index contributed by atoms with van der Waals surface area (Å²) in [5, 5.41) is 1.20. The van der Waals surface area contributed by atoms with Crippen LogP contribution in [-0.4, -0.2) is 17.6 Å². The van der Waals surface area contributed by atoms with Gasteiger partial charge < -0.3 is 4.74 Å². The van der Waals surface area contributed by atoms with Gasteiger partial charge in [-0.3, -0.25) is 5.01 Å². The number of carbonyl (C=O) groups excluding carboxylic acids is 1. The van der Waals surface area contributed by atoms with Crippen molar-refractivity contribution >= 4 is 5.97 Å². The Kier molecular flexibility index (Phi) is 5.41. The first-order chi connectivity index (χ1) is 6.95. The normalized spacial score (nSPS) is 11.5. The first-order valence-electron chi connectivity index (χ1n) is 4.66. The molecule has 0 aliphatic heterocycles. The Morgan fingerprint density at radius 3 is 2.40 bits per heavy atom. The van der Waals surface area contributed by atoms with Crippen molar-refractivity contribution in [2.75, 3.05) is 6.61 Å². The van der Waals surface area contributed by atoms with E-state index in [1.54, 1.807) is 26.8 Å². The molecule has 0 atom stereocenters. The molecule has 0 amide bonds. The second-order valence-corrected chi connectivity index (χ2v) is 3.06. The average Bonchev–Trinajstić information content (AvgIpc) is 2.17. The van der Waals surface area contributed by atoms with E-state index in [2.05, 4.69) is 13.2 Å². The third-order valence-electron chi connectivity index (χ3n) is 1.80. The lowest BCUT2D eigenvalue weighted by atomic mass is 10.2. The van der Waals surface area contributed by atoms with Gasteiger partial charge in [-0.15, -0.1) is 0 Å². The molecule has 0 aromatic heterocycles. The third kappa shape index (κ3) is 3.59. The van der Waals surface area contributed by atoms with E-state index >= 15 is 0 Å². The summed E-state index contributed by atoms with van der Waals surface area (Å²) in [4.78, 5) is 11.6. The Bertz CT molecular complexity index is 306. The lowest BCUT2D eigenvalue weighted by molar-refractivity contribution is -0.140. The first-order valence-corrected chi connectivity index (χ1v) is 4.66. The molecule has 15 heavy (non-hydrogen) atoms. The minimum Gasteiger partial charge on any atom is -0.461 e. The van der Waals surface area contributed by atoms with Crippen LogP contribution in [-0.2, 0) is 9.53 Å². The smallest absolute Gasteiger partial charge is 0.356 e. The summed E-state index contributed by atoms with van der Waals surface area (Å²) in [5.74, 6) is 5.22. The van der Waals surface area contributed by atoms with Crippen molar-refractivity contribution in [1.82, 2.24) is 5.01 Å². The number of nitrogens with two attached hydrogens (primary N) is 1. The zero-order chi connectivity index (χ0) is 12.0. The molecule has 0 spiro atoms. The maximum atomic E-state index is 11.6. The minimum atomic E-state index is -0.472. The van der Waals surface area contributed by atoms with Crippen molar-refractivity contribution in [3.8, 4) is 0 Å². The fraction of sp³-hybridized carbons (Fsp3) is 0.364. The lowest BCUT2D eigenvalue weighted by Crippen LogP contribution is -2.33. The van der Waals surface area contributed by atoms with Crippen LogP contribution < -0.4 is 5.84 Å². The molecule has 0 aliphatic rings. The van der Waals surface area contributed by atoms with Gasteiger partial charge in [-0.2, -0.15) is 0 Å². The van der Waals surface area contributed by atoms with Gasteiger partial charge in [0.15, 0.2) is 0 Å². The summed E-state index contributed by atoms with van der Waals surface area (Å²) in [6, 6.07) is 0. The van der Waals surface area contributed by atoms with Crippen LogP contribution in [0.15, 0.2) is 36.2 Å². The second kappa shape index (κ2) is 6.03. The van der Waals surface area contributed by atoms with Gasteiger partial charge in [0.05, 0.1) is 6.61 Å². The van der Waals surface area contributed by atoms with E-state index in [0.29, 0.717) is 17.9 Å². The van der Waals surface area contributed by atoms with Crippen molar-refractivity contribution in [3.05, 3.63) is 36.2 Å². The predicted molar refractivity (Wildman–Crippen MR) is 60.4 cm³/mol. The van der Waals surface area contributed by atoms with Gasteiger partial charge in [0.1, 0.15) is 5.70 Å². The molecule has 0 saturated carbocycles. The number of ether oxygens (including phenoxy) is 1. The predicted octanol–water partition coefficient (Wildman–Crippen LogP) is 1.72. The maximum absolute atomic E-state index is 11.6. The lowest BCUT2D eigenvalue weighted by Gasteiger charge is -2.21. The van der Waals surface area contributed by atoms with Crippen LogP contribution in [0.1, 0.15) is 20.8 Å². The van der Waals surface area contributed by atoms with Gasteiger partial charge in [-0.05, 0) is 26.3 Å². The summed E-state index contributed by atoms with van der Waals surface area (Å²) >= 11 is 0. The molecular weight excluding hydrogens is 192 g/mol. The third-order valence-corrected chi connectivity index (χ3v) is 1.80. The largest absolute Gasteiger partial charge is 0.461 e. The quantitative estimate of drug-likeness (QED) is 0.247. The molecule has 0 aromatic rings. The van der Waals surface area contributed by atoms with Crippen LogP contribution in [0, 0.1) is 0 Å². The van der Waals surface area contributed by atoms with Crippen molar-refractivity contribution in [1.29, 1.82) is 0 Å². The molecule has 0 heterocycles. The standard InChI is InChI=1S/C11H18N2O2/c1-6-9(5)10(11(14)15-7-2)13(12)8(3)4/h6H,1,3,7,12H2,2,4-5H3/b10-9-. The number of carbonyl (C=O) groups is 1. The number of allylic oxidation sites excluding steroid dienone is 3. The average molecular weight is 210 g/mol. The van der Waals surface area contributed by atoms with Crippen molar-refractivity contribution in [3.63, 3.8) is 0 Å². The maximum Gasteiger partial charge on any atom is 0.356 e. The Morgan fingerprint density at radius 1 is 1.53 bits per heavy atom. The molecule has 0 rings (SSSR count). The number of rotatable bonds is 5. The highest BCUT2D eigenvalue weighted by molar-refractivity contribution is 5.89. The summed E-state index contributed by atoms with van der Waals surface area (Å²) in [6.07, 6.45) is 1.55. The fourth-order valence-corrected chi connectivity index (χ4v) is 0.936. The monoisotopic (exact) mass is 210 g/mol. The molecule has 2 N–H and O–H groups in total. The molecule has 4 nitrogen and oxygen atoms in total. The van der Waals surface area contributed by atoms with Crippen LogP contribution in [0.3, 0.4) is 0 Å². The summed E-state index contributed by atoms with van der Waals surface area (Å²) in [7, 11) is 0. The number of nitrogens with zero attached hydrogens (tertiary/aromatic N) is 1. The molecule has 4 heteroatoms. The molecule has 0 aromatic carbocycles.